The molecule has 0 bridgehead atoms. The summed E-state index contributed by atoms with van der Waals surface area (Å²) in [5.41, 5.74) is 11.0. The third-order valence-electron chi connectivity index (χ3n) is 5.48. The molecule has 0 unspecified atom stereocenters. The second-order valence-corrected chi connectivity index (χ2v) is 7.78. The third kappa shape index (κ3) is 4.39. The number of nitrogens with two attached hydrogens (primary N) is 1. The fourth-order valence-corrected chi connectivity index (χ4v) is 3.79. The monoisotopic (exact) mass is 389 g/mol. The van der Waals surface area contributed by atoms with Crippen molar-refractivity contribution in [3.05, 3.63) is 65.4 Å². The van der Waals surface area contributed by atoms with Crippen molar-refractivity contribution in [2.24, 2.45) is 0 Å². The van der Waals surface area contributed by atoms with Gasteiger partial charge >= 0.3 is 0 Å². The Balaban J connectivity index is 1.54. The summed E-state index contributed by atoms with van der Waals surface area (Å²) in [7, 11) is 2.14. The molecule has 0 radical (unpaired) electrons. The lowest BCUT2D eigenvalue weighted by atomic mass is 10.1. The van der Waals surface area contributed by atoms with E-state index >= 15 is 0 Å². The minimum atomic E-state index is -0.104. The van der Waals surface area contributed by atoms with Gasteiger partial charge in [-0.2, -0.15) is 0 Å². The standard InChI is InChI=1S/C23H27N5O/c1-16-13-21(24)20-14-18(7-8-22(20)25-16)26-23(29)19-6-4-3-5-17(19)15-28-11-9-27(2)10-12-28/h3-8,13-14H,9-12,15H2,1-2H3,(H2,24,25)(H,26,29). The number of anilines is 2. The van der Waals surface area contributed by atoms with E-state index in [0.717, 1.165) is 54.9 Å². The van der Waals surface area contributed by atoms with Crippen molar-refractivity contribution < 1.29 is 4.79 Å². The highest BCUT2D eigenvalue weighted by molar-refractivity contribution is 6.06. The molecule has 150 valence electrons. The molecule has 0 spiro atoms. The predicted octanol–water partition coefficient (Wildman–Crippen LogP) is 3.13. The first-order valence-corrected chi connectivity index (χ1v) is 9.96. The van der Waals surface area contributed by atoms with E-state index in [1.807, 2.05) is 55.5 Å². The summed E-state index contributed by atoms with van der Waals surface area (Å²) in [5.74, 6) is -0.104. The first kappa shape index (κ1) is 19.4. The number of aryl methyl sites for hydroxylation is 1. The number of hydrogen-bond donors (Lipinski definition) is 2. The Morgan fingerprint density at radius 1 is 1.10 bits per heavy atom. The first-order chi connectivity index (χ1) is 14.0. The summed E-state index contributed by atoms with van der Waals surface area (Å²) in [6.45, 7) is 6.85. The number of nitrogens with zero attached hydrogens (tertiary/aromatic N) is 3. The molecule has 1 fully saturated rings. The molecule has 2 aromatic carbocycles. The summed E-state index contributed by atoms with van der Waals surface area (Å²) < 4.78 is 0. The number of nitrogens with one attached hydrogen (secondary N) is 1. The molecule has 1 amide bonds. The fraction of sp³-hybridized carbons (Fsp3) is 0.304. The number of rotatable bonds is 4. The highest BCUT2D eigenvalue weighted by atomic mass is 16.1. The van der Waals surface area contributed by atoms with Gasteiger partial charge in [-0.1, -0.05) is 18.2 Å². The Morgan fingerprint density at radius 2 is 1.86 bits per heavy atom. The molecule has 29 heavy (non-hydrogen) atoms. The number of aromatic nitrogens is 1. The van der Waals surface area contributed by atoms with Crippen molar-refractivity contribution >= 4 is 28.2 Å². The number of pyridine rings is 1. The number of piperazine rings is 1. The van der Waals surface area contributed by atoms with Crippen LogP contribution in [0.5, 0.6) is 0 Å². The molecule has 2 heterocycles. The highest BCUT2D eigenvalue weighted by Crippen LogP contribution is 2.25. The Morgan fingerprint density at radius 3 is 2.66 bits per heavy atom. The molecule has 6 nitrogen and oxygen atoms in total. The van der Waals surface area contributed by atoms with Crippen LogP contribution < -0.4 is 11.1 Å². The number of likely N-dealkylation sites (N-methyl/N-ethyl adjacent to an activating group) is 1. The predicted molar refractivity (Wildman–Crippen MR) is 118 cm³/mol. The van der Waals surface area contributed by atoms with Crippen LogP contribution in [-0.4, -0.2) is 53.9 Å². The quantitative estimate of drug-likeness (QED) is 0.717. The smallest absolute Gasteiger partial charge is 0.255 e. The maximum atomic E-state index is 13.0. The van der Waals surface area contributed by atoms with E-state index < -0.39 is 0 Å². The lowest BCUT2D eigenvalue weighted by Crippen LogP contribution is -2.44. The zero-order valence-electron chi connectivity index (χ0n) is 17.0. The van der Waals surface area contributed by atoms with E-state index in [1.54, 1.807) is 0 Å². The number of nitrogen functional groups attached to an aromatic ring is 1. The van der Waals surface area contributed by atoms with Gasteiger partial charge in [0.15, 0.2) is 0 Å². The second-order valence-electron chi connectivity index (χ2n) is 7.78. The van der Waals surface area contributed by atoms with Gasteiger partial charge in [-0.15, -0.1) is 0 Å². The van der Waals surface area contributed by atoms with Crippen molar-refractivity contribution in [1.82, 2.24) is 14.8 Å². The first-order valence-electron chi connectivity index (χ1n) is 9.96. The third-order valence-corrected chi connectivity index (χ3v) is 5.48. The Kier molecular flexibility index (Phi) is 5.47. The van der Waals surface area contributed by atoms with Crippen LogP contribution in [0.1, 0.15) is 21.6 Å². The molecule has 4 rings (SSSR count). The van der Waals surface area contributed by atoms with Gasteiger partial charge in [0.25, 0.3) is 5.91 Å². The zero-order valence-corrected chi connectivity index (χ0v) is 17.0. The second kappa shape index (κ2) is 8.19. The zero-order chi connectivity index (χ0) is 20.4. The molecule has 0 atom stereocenters. The van der Waals surface area contributed by atoms with Gasteiger partial charge in [-0.05, 0) is 49.9 Å². The topological polar surface area (TPSA) is 74.5 Å². The van der Waals surface area contributed by atoms with Gasteiger partial charge in [-0.3, -0.25) is 14.7 Å². The maximum absolute atomic E-state index is 13.0. The fourth-order valence-electron chi connectivity index (χ4n) is 3.79. The summed E-state index contributed by atoms with van der Waals surface area (Å²) >= 11 is 0. The van der Waals surface area contributed by atoms with E-state index in [9.17, 15) is 4.79 Å². The summed E-state index contributed by atoms with van der Waals surface area (Å²) in [4.78, 5) is 22.2. The van der Waals surface area contributed by atoms with Gasteiger partial charge in [0.05, 0.1) is 5.52 Å². The minimum absolute atomic E-state index is 0.104. The molecular formula is C23H27N5O. The van der Waals surface area contributed by atoms with Crippen LogP contribution in [0.15, 0.2) is 48.5 Å². The van der Waals surface area contributed by atoms with Crippen molar-refractivity contribution in [2.45, 2.75) is 13.5 Å². The summed E-state index contributed by atoms with van der Waals surface area (Å²) in [6.07, 6.45) is 0. The normalized spacial score (nSPS) is 15.5. The number of hydrogen-bond acceptors (Lipinski definition) is 5. The summed E-state index contributed by atoms with van der Waals surface area (Å²) in [5, 5.41) is 3.87. The molecule has 1 aliphatic rings. The van der Waals surface area contributed by atoms with Crippen molar-refractivity contribution in [3.8, 4) is 0 Å². The van der Waals surface area contributed by atoms with Gasteiger partial charge in [-0.25, -0.2) is 0 Å². The minimum Gasteiger partial charge on any atom is -0.398 e. The molecular weight excluding hydrogens is 362 g/mol. The van der Waals surface area contributed by atoms with Crippen LogP contribution in [0, 0.1) is 6.92 Å². The number of carbonyl (C=O) groups is 1. The van der Waals surface area contributed by atoms with Gasteiger partial charge in [0.1, 0.15) is 0 Å². The molecule has 1 aliphatic heterocycles. The maximum Gasteiger partial charge on any atom is 0.255 e. The molecule has 0 aliphatic carbocycles. The molecule has 3 aromatic rings. The lowest BCUT2D eigenvalue weighted by Gasteiger charge is -2.32. The molecule has 3 N–H and O–H groups in total. The average Bonchev–Trinajstić information content (AvgIpc) is 2.70. The summed E-state index contributed by atoms with van der Waals surface area (Å²) in [6, 6.07) is 15.3. The van der Waals surface area contributed by atoms with E-state index in [-0.39, 0.29) is 5.91 Å². The highest BCUT2D eigenvalue weighted by Gasteiger charge is 2.18. The number of fused-ring (bicyclic) bond motifs is 1. The van der Waals surface area contributed by atoms with E-state index in [4.69, 9.17) is 5.73 Å². The van der Waals surface area contributed by atoms with Crippen LogP contribution in [0.25, 0.3) is 10.9 Å². The van der Waals surface area contributed by atoms with Crippen LogP contribution in [0.3, 0.4) is 0 Å². The van der Waals surface area contributed by atoms with Crippen LogP contribution in [-0.2, 0) is 6.54 Å². The SMILES string of the molecule is Cc1cc(N)c2cc(NC(=O)c3ccccc3CN3CCN(C)CC3)ccc2n1. The Bertz CT molecular complexity index is 1040. The van der Waals surface area contributed by atoms with Crippen LogP contribution in [0.2, 0.25) is 0 Å². The van der Waals surface area contributed by atoms with Gasteiger partial charge in [0.2, 0.25) is 0 Å². The number of carbonyl (C=O) groups excluding carboxylic acids is 1. The van der Waals surface area contributed by atoms with Gasteiger partial charge in [0, 0.05) is 60.7 Å². The van der Waals surface area contributed by atoms with Crippen LogP contribution >= 0.6 is 0 Å². The largest absolute Gasteiger partial charge is 0.398 e. The molecule has 6 heteroatoms. The Hall–Kier alpha value is -2.96. The van der Waals surface area contributed by atoms with E-state index in [2.05, 4.69) is 27.1 Å². The van der Waals surface area contributed by atoms with Crippen molar-refractivity contribution in [2.75, 3.05) is 44.3 Å². The lowest BCUT2D eigenvalue weighted by molar-refractivity contribution is 0.102. The molecule has 1 aromatic heterocycles. The van der Waals surface area contributed by atoms with E-state index in [0.29, 0.717) is 16.9 Å². The molecule has 0 saturated carbocycles. The van der Waals surface area contributed by atoms with Crippen LogP contribution in [0.4, 0.5) is 11.4 Å². The average molecular weight is 390 g/mol. The van der Waals surface area contributed by atoms with E-state index in [1.165, 1.54) is 0 Å². The van der Waals surface area contributed by atoms with Crippen molar-refractivity contribution in [3.63, 3.8) is 0 Å². The number of amides is 1. The molecule has 1 saturated heterocycles. The van der Waals surface area contributed by atoms with Gasteiger partial charge < -0.3 is 16.0 Å². The van der Waals surface area contributed by atoms with Crippen molar-refractivity contribution in [1.29, 1.82) is 0 Å². The number of benzene rings is 2. The Labute approximate surface area is 171 Å².